The standard InChI is InChI=1S/C16H20N4O/c1-11-4-3-5-12(6-11)9-20(2)16(21)14-7-13-15(8-17-14)19-10-18-13/h3-6,10,14,17H,7-9H2,1-2H3,(H,18,19). The zero-order valence-corrected chi connectivity index (χ0v) is 12.4. The lowest BCUT2D eigenvalue weighted by Gasteiger charge is -2.27. The molecule has 2 aromatic rings. The van der Waals surface area contributed by atoms with Crippen molar-refractivity contribution in [1.29, 1.82) is 0 Å². The number of likely N-dealkylation sites (N-methyl/N-ethyl adjacent to an activating group) is 1. The number of imidazole rings is 1. The van der Waals surface area contributed by atoms with E-state index in [-0.39, 0.29) is 11.9 Å². The van der Waals surface area contributed by atoms with Crippen LogP contribution in [-0.4, -0.2) is 33.9 Å². The average Bonchev–Trinajstić information content (AvgIpc) is 2.93. The molecule has 110 valence electrons. The van der Waals surface area contributed by atoms with Gasteiger partial charge in [-0.15, -0.1) is 0 Å². The molecule has 0 spiro atoms. The van der Waals surface area contributed by atoms with Gasteiger partial charge in [-0.05, 0) is 12.5 Å². The second-order valence-electron chi connectivity index (χ2n) is 5.65. The molecule has 1 atom stereocenters. The first kappa shape index (κ1) is 13.8. The van der Waals surface area contributed by atoms with Crippen molar-refractivity contribution in [2.24, 2.45) is 0 Å². The van der Waals surface area contributed by atoms with E-state index in [4.69, 9.17) is 0 Å². The number of nitrogens with zero attached hydrogens (tertiary/aromatic N) is 2. The molecule has 1 aliphatic heterocycles. The largest absolute Gasteiger partial charge is 0.347 e. The molecule has 1 unspecified atom stereocenters. The van der Waals surface area contributed by atoms with Crippen LogP contribution in [0.5, 0.6) is 0 Å². The molecule has 0 fully saturated rings. The molecule has 0 bridgehead atoms. The summed E-state index contributed by atoms with van der Waals surface area (Å²) in [6, 6.07) is 8.07. The number of carbonyl (C=O) groups is 1. The summed E-state index contributed by atoms with van der Waals surface area (Å²) >= 11 is 0. The molecular weight excluding hydrogens is 264 g/mol. The Morgan fingerprint density at radius 1 is 1.48 bits per heavy atom. The number of carbonyl (C=O) groups excluding carboxylic acids is 1. The van der Waals surface area contributed by atoms with E-state index in [2.05, 4.69) is 40.4 Å². The minimum absolute atomic E-state index is 0.116. The van der Waals surface area contributed by atoms with Gasteiger partial charge in [-0.2, -0.15) is 0 Å². The number of aryl methyl sites for hydroxylation is 1. The maximum atomic E-state index is 12.5. The molecule has 3 rings (SSSR count). The molecule has 0 radical (unpaired) electrons. The van der Waals surface area contributed by atoms with Gasteiger partial charge >= 0.3 is 0 Å². The Balaban J connectivity index is 1.65. The third-order valence-corrected chi connectivity index (χ3v) is 3.91. The topological polar surface area (TPSA) is 61.0 Å². The second kappa shape index (κ2) is 5.69. The summed E-state index contributed by atoms with van der Waals surface area (Å²) in [7, 11) is 1.85. The molecule has 0 aliphatic carbocycles. The highest BCUT2D eigenvalue weighted by atomic mass is 16.2. The van der Waals surface area contributed by atoms with Gasteiger partial charge in [-0.1, -0.05) is 29.8 Å². The quantitative estimate of drug-likeness (QED) is 0.895. The van der Waals surface area contributed by atoms with Crippen molar-refractivity contribution in [2.45, 2.75) is 32.5 Å². The van der Waals surface area contributed by atoms with Gasteiger partial charge in [0, 0.05) is 26.6 Å². The van der Waals surface area contributed by atoms with Gasteiger partial charge in [0.2, 0.25) is 5.91 Å². The summed E-state index contributed by atoms with van der Waals surface area (Å²) < 4.78 is 0. The highest BCUT2D eigenvalue weighted by molar-refractivity contribution is 5.82. The first-order valence-electron chi connectivity index (χ1n) is 7.18. The van der Waals surface area contributed by atoms with Crippen LogP contribution in [0, 0.1) is 6.92 Å². The van der Waals surface area contributed by atoms with Crippen LogP contribution in [0.25, 0.3) is 0 Å². The second-order valence-corrected chi connectivity index (χ2v) is 5.65. The average molecular weight is 284 g/mol. The predicted molar refractivity (Wildman–Crippen MR) is 80.6 cm³/mol. The Morgan fingerprint density at radius 3 is 3.14 bits per heavy atom. The molecule has 1 aromatic heterocycles. The fourth-order valence-electron chi connectivity index (χ4n) is 2.77. The van der Waals surface area contributed by atoms with Gasteiger partial charge in [0.05, 0.1) is 23.8 Å². The number of nitrogens with one attached hydrogen (secondary N) is 2. The summed E-state index contributed by atoms with van der Waals surface area (Å²) in [5.74, 6) is 0.116. The predicted octanol–water partition coefficient (Wildman–Crippen LogP) is 1.39. The van der Waals surface area contributed by atoms with E-state index in [1.165, 1.54) is 5.56 Å². The number of amides is 1. The number of hydrogen-bond donors (Lipinski definition) is 2. The van der Waals surface area contributed by atoms with Crippen molar-refractivity contribution in [3.63, 3.8) is 0 Å². The van der Waals surface area contributed by atoms with Gasteiger partial charge in [-0.3, -0.25) is 10.1 Å². The van der Waals surface area contributed by atoms with Crippen LogP contribution in [0.1, 0.15) is 22.5 Å². The van der Waals surface area contributed by atoms with Gasteiger partial charge < -0.3 is 9.88 Å². The van der Waals surface area contributed by atoms with Crippen LogP contribution in [0.15, 0.2) is 30.6 Å². The number of aromatic amines is 1. The van der Waals surface area contributed by atoms with Crippen LogP contribution in [0.2, 0.25) is 0 Å². The third kappa shape index (κ3) is 2.97. The minimum Gasteiger partial charge on any atom is -0.347 e. The number of rotatable bonds is 3. The van der Waals surface area contributed by atoms with Crippen LogP contribution in [0.3, 0.4) is 0 Å². The van der Waals surface area contributed by atoms with E-state index < -0.39 is 0 Å². The smallest absolute Gasteiger partial charge is 0.240 e. The molecule has 2 heterocycles. The van der Waals surface area contributed by atoms with Crippen LogP contribution >= 0.6 is 0 Å². The van der Waals surface area contributed by atoms with Gasteiger partial charge in [0.15, 0.2) is 0 Å². The summed E-state index contributed by atoms with van der Waals surface area (Å²) in [5, 5.41) is 3.28. The number of fused-ring (bicyclic) bond motifs is 1. The Kier molecular flexibility index (Phi) is 3.75. The fourth-order valence-corrected chi connectivity index (χ4v) is 2.77. The van der Waals surface area contributed by atoms with Crippen LogP contribution < -0.4 is 5.32 Å². The number of hydrogen-bond acceptors (Lipinski definition) is 3. The summed E-state index contributed by atoms with van der Waals surface area (Å²) in [6.07, 6.45) is 2.34. The summed E-state index contributed by atoms with van der Waals surface area (Å²) in [6.45, 7) is 3.36. The molecule has 1 aliphatic rings. The SMILES string of the molecule is Cc1cccc(CN(C)C(=O)C2Cc3nc[nH]c3CN2)c1. The zero-order valence-electron chi connectivity index (χ0n) is 12.4. The van der Waals surface area contributed by atoms with Gasteiger partial charge in [-0.25, -0.2) is 4.98 Å². The molecule has 21 heavy (non-hydrogen) atoms. The highest BCUT2D eigenvalue weighted by Crippen LogP contribution is 2.14. The maximum Gasteiger partial charge on any atom is 0.240 e. The maximum absolute atomic E-state index is 12.5. The molecule has 0 saturated heterocycles. The normalized spacial score (nSPS) is 17.3. The highest BCUT2D eigenvalue weighted by Gasteiger charge is 2.27. The summed E-state index contributed by atoms with van der Waals surface area (Å²) in [5.41, 5.74) is 4.45. The molecule has 2 N–H and O–H groups in total. The lowest BCUT2D eigenvalue weighted by Crippen LogP contribution is -2.48. The van der Waals surface area contributed by atoms with E-state index in [0.29, 0.717) is 19.5 Å². The minimum atomic E-state index is -0.185. The first-order valence-corrected chi connectivity index (χ1v) is 7.18. The Labute approximate surface area is 124 Å². The third-order valence-electron chi connectivity index (χ3n) is 3.91. The summed E-state index contributed by atoms with van der Waals surface area (Å²) in [4.78, 5) is 21.7. The zero-order chi connectivity index (χ0) is 14.8. The van der Waals surface area contributed by atoms with Crippen molar-refractivity contribution < 1.29 is 4.79 Å². The lowest BCUT2D eigenvalue weighted by atomic mass is 10.0. The number of aromatic nitrogens is 2. The lowest BCUT2D eigenvalue weighted by molar-refractivity contribution is -0.132. The molecule has 0 saturated carbocycles. The fraction of sp³-hybridized carbons (Fsp3) is 0.375. The van der Waals surface area contributed by atoms with E-state index in [1.807, 2.05) is 13.1 Å². The molecule has 5 nitrogen and oxygen atoms in total. The molecule has 5 heteroatoms. The van der Waals surface area contributed by atoms with Crippen molar-refractivity contribution >= 4 is 5.91 Å². The van der Waals surface area contributed by atoms with E-state index >= 15 is 0 Å². The Morgan fingerprint density at radius 2 is 2.33 bits per heavy atom. The van der Waals surface area contributed by atoms with Crippen molar-refractivity contribution in [2.75, 3.05) is 7.05 Å². The van der Waals surface area contributed by atoms with Crippen molar-refractivity contribution in [3.05, 3.63) is 53.1 Å². The van der Waals surface area contributed by atoms with Crippen molar-refractivity contribution in [1.82, 2.24) is 20.2 Å². The molecular formula is C16H20N4O. The molecule has 1 amide bonds. The van der Waals surface area contributed by atoms with Crippen LogP contribution in [-0.2, 0) is 24.3 Å². The number of H-pyrrole nitrogens is 1. The van der Waals surface area contributed by atoms with Gasteiger partial charge in [0.25, 0.3) is 0 Å². The van der Waals surface area contributed by atoms with E-state index in [1.54, 1.807) is 11.2 Å². The van der Waals surface area contributed by atoms with E-state index in [0.717, 1.165) is 17.0 Å². The monoisotopic (exact) mass is 284 g/mol. The molecule has 1 aromatic carbocycles. The van der Waals surface area contributed by atoms with Gasteiger partial charge in [0.1, 0.15) is 0 Å². The van der Waals surface area contributed by atoms with Crippen LogP contribution in [0.4, 0.5) is 0 Å². The Hall–Kier alpha value is -2.14. The Bertz CT molecular complexity index is 649. The van der Waals surface area contributed by atoms with Crippen molar-refractivity contribution in [3.8, 4) is 0 Å². The first-order chi connectivity index (χ1) is 10.1. The number of benzene rings is 1. The van der Waals surface area contributed by atoms with E-state index in [9.17, 15) is 4.79 Å².